The van der Waals surface area contributed by atoms with Gasteiger partial charge in [-0.15, -0.1) is 0 Å². The molecule has 0 saturated carbocycles. The maximum atomic E-state index is 12.0. The van der Waals surface area contributed by atoms with E-state index < -0.39 is 10.0 Å². The Balaban J connectivity index is 2.37. The Morgan fingerprint density at radius 2 is 1.83 bits per heavy atom. The molecule has 0 radical (unpaired) electrons. The molecule has 3 rings (SSSR count). The summed E-state index contributed by atoms with van der Waals surface area (Å²) in [4.78, 5) is -0.230. The van der Waals surface area contributed by atoms with E-state index in [-0.39, 0.29) is 16.4 Å². The van der Waals surface area contributed by atoms with Gasteiger partial charge in [0.25, 0.3) is 0 Å². The van der Waals surface area contributed by atoms with Crippen molar-refractivity contribution in [1.82, 2.24) is 5.16 Å². The van der Waals surface area contributed by atoms with Gasteiger partial charge in [-0.3, -0.25) is 0 Å². The van der Waals surface area contributed by atoms with E-state index in [0.717, 1.165) is 5.39 Å². The number of nitrogens with zero attached hydrogens (tertiary/aromatic N) is 1. The van der Waals surface area contributed by atoms with Crippen molar-refractivity contribution in [3.05, 3.63) is 36.4 Å². The van der Waals surface area contributed by atoms with Crippen LogP contribution >= 0.6 is 0 Å². The van der Waals surface area contributed by atoms with Gasteiger partial charge >= 0.3 is 0 Å². The van der Waals surface area contributed by atoms with Crippen LogP contribution in [-0.4, -0.2) is 27.8 Å². The number of ether oxygens (including phenoxy) is 2. The summed E-state index contributed by atoms with van der Waals surface area (Å²) in [6, 6.07) is 10.4. The van der Waals surface area contributed by atoms with E-state index in [4.69, 9.17) is 19.1 Å². The summed E-state index contributed by atoms with van der Waals surface area (Å²) in [6.07, 6.45) is 0. The maximum absolute atomic E-state index is 12.0. The van der Waals surface area contributed by atoms with Crippen molar-refractivity contribution in [2.45, 2.75) is 4.90 Å². The van der Waals surface area contributed by atoms with Crippen LogP contribution in [0.2, 0.25) is 0 Å². The van der Waals surface area contributed by atoms with Gasteiger partial charge in [0, 0.05) is 10.9 Å². The van der Waals surface area contributed by atoms with E-state index in [1.54, 1.807) is 12.1 Å². The summed E-state index contributed by atoms with van der Waals surface area (Å²) in [5.41, 5.74) is 1.49. The third-order valence-electron chi connectivity index (χ3n) is 3.42. The molecule has 2 aromatic carbocycles. The Bertz CT molecular complexity index is 979. The lowest BCUT2D eigenvalue weighted by atomic mass is 10.1. The van der Waals surface area contributed by atoms with E-state index in [9.17, 15) is 8.42 Å². The van der Waals surface area contributed by atoms with Gasteiger partial charge in [-0.05, 0) is 24.3 Å². The average Bonchev–Trinajstić information content (AvgIpc) is 2.96. The van der Waals surface area contributed by atoms with Crippen LogP contribution in [0.5, 0.6) is 11.5 Å². The molecule has 23 heavy (non-hydrogen) atoms. The molecule has 0 saturated heterocycles. The molecular formula is C15H14N2O5S. The Hall–Kier alpha value is -2.58. The fourth-order valence-corrected chi connectivity index (χ4v) is 3.33. The van der Waals surface area contributed by atoms with Crippen molar-refractivity contribution in [2.24, 2.45) is 5.14 Å². The van der Waals surface area contributed by atoms with Crippen LogP contribution in [0.25, 0.3) is 22.2 Å². The SMILES string of the molecule is COc1ccc(-c2noc3ccccc23)c(OC)c1S(N)(=O)=O. The Labute approximate surface area is 132 Å². The first-order chi connectivity index (χ1) is 11.0. The second kappa shape index (κ2) is 5.56. The van der Waals surface area contributed by atoms with Gasteiger partial charge in [0.1, 0.15) is 11.4 Å². The molecule has 0 unspecified atom stereocenters. The molecule has 0 aliphatic rings. The number of nitrogens with two attached hydrogens (primary N) is 1. The molecule has 7 nitrogen and oxygen atoms in total. The molecule has 0 amide bonds. The predicted octanol–water partition coefficient (Wildman–Crippen LogP) is 2.16. The molecule has 0 bridgehead atoms. The number of para-hydroxylation sites is 1. The van der Waals surface area contributed by atoms with Gasteiger partial charge in [0.2, 0.25) is 10.0 Å². The molecule has 0 aliphatic heterocycles. The zero-order valence-corrected chi connectivity index (χ0v) is 13.3. The topological polar surface area (TPSA) is 105 Å². The van der Waals surface area contributed by atoms with Gasteiger partial charge in [-0.1, -0.05) is 17.3 Å². The third kappa shape index (κ3) is 2.51. The smallest absolute Gasteiger partial charge is 0.245 e. The molecule has 1 heterocycles. The van der Waals surface area contributed by atoms with Crippen molar-refractivity contribution < 1.29 is 22.4 Å². The summed E-state index contributed by atoms with van der Waals surface area (Å²) < 4.78 is 39.6. The Morgan fingerprint density at radius 1 is 1.09 bits per heavy atom. The Morgan fingerprint density at radius 3 is 2.48 bits per heavy atom. The van der Waals surface area contributed by atoms with Crippen LogP contribution in [0, 0.1) is 0 Å². The second-order valence-corrected chi connectivity index (χ2v) is 6.25. The highest BCUT2D eigenvalue weighted by molar-refractivity contribution is 7.89. The highest BCUT2D eigenvalue weighted by atomic mass is 32.2. The highest BCUT2D eigenvalue weighted by Gasteiger charge is 2.26. The molecule has 0 atom stereocenters. The lowest BCUT2D eigenvalue weighted by Gasteiger charge is -2.14. The zero-order chi connectivity index (χ0) is 16.6. The van der Waals surface area contributed by atoms with Crippen LogP contribution in [-0.2, 0) is 10.0 Å². The summed E-state index contributed by atoms with van der Waals surface area (Å²) in [7, 11) is -1.35. The van der Waals surface area contributed by atoms with Crippen LogP contribution in [0.1, 0.15) is 0 Å². The lowest BCUT2D eigenvalue weighted by Crippen LogP contribution is -2.15. The van der Waals surface area contributed by atoms with Gasteiger partial charge in [-0.2, -0.15) is 0 Å². The molecule has 2 N–H and O–H groups in total. The fraction of sp³-hybridized carbons (Fsp3) is 0.133. The number of sulfonamides is 1. The number of hydrogen-bond acceptors (Lipinski definition) is 6. The number of rotatable bonds is 4. The van der Waals surface area contributed by atoms with Crippen molar-refractivity contribution >= 4 is 21.0 Å². The molecule has 0 fully saturated rings. The van der Waals surface area contributed by atoms with E-state index in [2.05, 4.69) is 5.16 Å². The minimum absolute atomic E-state index is 0.0610. The molecule has 3 aromatic rings. The predicted molar refractivity (Wildman–Crippen MR) is 83.9 cm³/mol. The Kier molecular flexibility index (Phi) is 3.70. The fourth-order valence-electron chi connectivity index (χ4n) is 2.44. The number of fused-ring (bicyclic) bond motifs is 1. The van der Waals surface area contributed by atoms with E-state index in [0.29, 0.717) is 16.8 Å². The summed E-state index contributed by atoms with van der Waals surface area (Å²) >= 11 is 0. The normalized spacial score (nSPS) is 11.6. The quantitative estimate of drug-likeness (QED) is 0.784. The van der Waals surface area contributed by atoms with Crippen LogP contribution in [0.15, 0.2) is 45.8 Å². The molecule has 0 aliphatic carbocycles. The van der Waals surface area contributed by atoms with Crippen molar-refractivity contribution in [2.75, 3.05) is 14.2 Å². The van der Waals surface area contributed by atoms with E-state index in [1.807, 2.05) is 18.2 Å². The number of methoxy groups -OCH3 is 2. The highest BCUT2D eigenvalue weighted by Crippen LogP contribution is 2.42. The minimum Gasteiger partial charge on any atom is -0.495 e. The van der Waals surface area contributed by atoms with Crippen molar-refractivity contribution in [3.8, 4) is 22.8 Å². The number of hydrogen-bond donors (Lipinski definition) is 1. The first-order valence-corrected chi connectivity index (χ1v) is 8.14. The molecule has 8 heteroatoms. The minimum atomic E-state index is -4.06. The molecule has 1 aromatic heterocycles. The maximum Gasteiger partial charge on any atom is 0.245 e. The third-order valence-corrected chi connectivity index (χ3v) is 4.37. The zero-order valence-electron chi connectivity index (χ0n) is 12.4. The monoisotopic (exact) mass is 334 g/mol. The van der Waals surface area contributed by atoms with Gasteiger partial charge in [0.15, 0.2) is 16.2 Å². The molecule has 0 spiro atoms. The van der Waals surface area contributed by atoms with Gasteiger partial charge in [0.05, 0.1) is 14.2 Å². The molecule has 120 valence electrons. The van der Waals surface area contributed by atoms with Crippen molar-refractivity contribution in [1.29, 1.82) is 0 Å². The lowest BCUT2D eigenvalue weighted by molar-refractivity contribution is 0.374. The number of aromatic nitrogens is 1. The van der Waals surface area contributed by atoms with Gasteiger partial charge < -0.3 is 14.0 Å². The summed E-state index contributed by atoms with van der Waals surface area (Å²) in [5.74, 6) is 0.159. The number of benzene rings is 2. The standard InChI is InChI=1S/C15H14N2O5S/c1-20-12-8-7-10(14(21-2)15(12)23(16,18)19)13-9-5-3-4-6-11(9)22-17-13/h3-8H,1-2H3,(H2,16,18,19). The number of primary sulfonamides is 1. The summed E-state index contributed by atoms with van der Waals surface area (Å²) in [6.45, 7) is 0. The summed E-state index contributed by atoms with van der Waals surface area (Å²) in [5, 5.41) is 10.1. The first kappa shape index (κ1) is 15.3. The van der Waals surface area contributed by atoms with Crippen molar-refractivity contribution in [3.63, 3.8) is 0 Å². The van der Waals surface area contributed by atoms with Crippen LogP contribution in [0.4, 0.5) is 0 Å². The van der Waals surface area contributed by atoms with E-state index in [1.165, 1.54) is 20.3 Å². The largest absolute Gasteiger partial charge is 0.495 e. The second-order valence-electron chi connectivity index (χ2n) is 4.75. The first-order valence-electron chi connectivity index (χ1n) is 6.60. The average molecular weight is 334 g/mol. The van der Waals surface area contributed by atoms with E-state index >= 15 is 0 Å². The molecular weight excluding hydrogens is 320 g/mol. The van der Waals surface area contributed by atoms with Crippen LogP contribution in [0.3, 0.4) is 0 Å². The van der Waals surface area contributed by atoms with Crippen LogP contribution < -0.4 is 14.6 Å². The van der Waals surface area contributed by atoms with Gasteiger partial charge in [-0.25, -0.2) is 13.6 Å².